The van der Waals surface area contributed by atoms with E-state index in [1.807, 2.05) is 11.1 Å². The highest BCUT2D eigenvalue weighted by atomic mass is 79.9. The van der Waals surface area contributed by atoms with E-state index in [2.05, 4.69) is 32.1 Å². The molecule has 2 rings (SSSR count). The van der Waals surface area contributed by atoms with E-state index in [9.17, 15) is 0 Å². The van der Waals surface area contributed by atoms with Crippen LogP contribution >= 0.6 is 15.9 Å². The molecule has 0 aromatic heterocycles. The monoisotopic (exact) mass is 196 g/mol. The Kier molecular flexibility index (Phi) is 1.16. The Morgan fingerprint density at radius 1 is 1.60 bits per heavy atom. The second-order valence-electron chi connectivity index (χ2n) is 1.85. The number of fused-ring (bicyclic) bond motifs is 1. The molecule has 10 heavy (non-hydrogen) atoms. The van der Waals surface area contributed by atoms with Gasteiger partial charge in [-0.25, -0.2) is 4.99 Å². The van der Waals surface area contributed by atoms with Crippen LogP contribution in [0.3, 0.4) is 0 Å². The van der Waals surface area contributed by atoms with E-state index >= 15 is 0 Å². The van der Waals surface area contributed by atoms with Crippen molar-refractivity contribution in [3.63, 3.8) is 0 Å². The molecule has 0 aromatic carbocycles. The molecule has 0 saturated heterocycles. The van der Waals surface area contributed by atoms with Crippen LogP contribution in [0.5, 0.6) is 0 Å². The molecule has 0 bridgehead atoms. The summed E-state index contributed by atoms with van der Waals surface area (Å²) in [5.74, 6) is 0.809. The van der Waals surface area contributed by atoms with Crippen LogP contribution in [0.15, 0.2) is 27.0 Å². The molecule has 0 amide bonds. The number of hydrogen-bond donors (Lipinski definition) is 0. The fourth-order valence-corrected chi connectivity index (χ4v) is 1.07. The molecule has 0 aliphatic carbocycles. The minimum absolute atomic E-state index is 0.798. The minimum Gasteiger partial charge on any atom is -0.221 e. The lowest BCUT2D eigenvalue weighted by Crippen LogP contribution is -2.20. The summed E-state index contributed by atoms with van der Waals surface area (Å²) in [4.78, 5) is 9.75. The molecular weight excluding hydrogens is 194 g/mol. The largest absolute Gasteiger partial charge is 0.308 e. The first kappa shape index (κ1) is 5.77. The Hall–Kier alpha value is -0.990. The molecule has 2 aliphatic rings. The summed E-state index contributed by atoms with van der Waals surface area (Å²) in [7, 11) is 0. The minimum atomic E-state index is 0.798. The summed E-state index contributed by atoms with van der Waals surface area (Å²) in [6.45, 7) is 0. The second kappa shape index (κ2) is 2.01. The van der Waals surface area contributed by atoms with E-state index in [0.717, 1.165) is 10.4 Å². The molecule has 0 spiro atoms. The SMILES string of the molecule is BrC1=CN2C=[C+]N=C2C=N1. The standard InChI is InChI=1S/C6H3BrN3/c7-5-4-10-2-1-8-6(10)3-9-5/h2-4H/q+1. The molecular formula is C6H3BrN3+. The molecule has 3 nitrogen and oxygen atoms in total. The molecule has 4 heteroatoms. The van der Waals surface area contributed by atoms with Gasteiger partial charge in [0.2, 0.25) is 6.20 Å². The summed E-state index contributed by atoms with van der Waals surface area (Å²) >= 11 is 3.24. The number of amidine groups is 1. The molecule has 0 radical (unpaired) electrons. The van der Waals surface area contributed by atoms with Crippen molar-refractivity contribution >= 4 is 28.0 Å². The van der Waals surface area contributed by atoms with Gasteiger partial charge in [-0.1, -0.05) is 0 Å². The third-order valence-electron chi connectivity index (χ3n) is 1.19. The van der Waals surface area contributed by atoms with Crippen molar-refractivity contribution in [2.75, 3.05) is 0 Å². The first-order valence-corrected chi connectivity index (χ1v) is 3.52. The molecule has 2 aliphatic heterocycles. The van der Waals surface area contributed by atoms with E-state index in [1.165, 1.54) is 0 Å². The van der Waals surface area contributed by atoms with Gasteiger partial charge in [-0.2, -0.15) is 4.90 Å². The molecule has 0 atom stereocenters. The highest BCUT2D eigenvalue weighted by Crippen LogP contribution is 2.15. The van der Waals surface area contributed by atoms with Gasteiger partial charge in [0.1, 0.15) is 4.61 Å². The van der Waals surface area contributed by atoms with Crippen molar-refractivity contribution in [2.24, 2.45) is 9.98 Å². The van der Waals surface area contributed by atoms with Crippen LogP contribution in [0.4, 0.5) is 0 Å². The molecule has 0 saturated carbocycles. The van der Waals surface area contributed by atoms with Gasteiger partial charge < -0.3 is 0 Å². The lowest BCUT2D eigenvalue weighted by molar-refractivity contribution is 0.778. The second-order valence-corrected chi connectivity index (χ2v) is 2.66. The average molecular weight is 197 g/mol. The molecule has 0 unspecified atom stereocenters. The van der Waals surface area contributed by atoms with Gasteiger partial charge in [0.15, 0.2) is 12.4 Å². The summed E-state index contributed by atoms with van der Waals surface area (Å²) in [6, 6.07) is 0. The molecule has 2 heterocycles. The van der Waals surface area contributed by atoms with Crippen LogP contribution < -0.4 is 0 Å². The lowest BCUT2D eigenvalue weighted by atomic mass is 10.5. The van der Waals surface area contributed by atoms with E-state index in [0.29, 0.717) is 0 Å². The van der Waals surface area contributed by atoms with Gasteiger partial charge in [0.25, 0.3) is 0 Å². The number of aliphatic imine (C=N–C) groups is 2. The van der Waals surface area contributed by atoms with Crippen LogP contribution in [0.2, 0.25) is 0 Å². The maximum atomic E-state index is 3.99. The predicted octanol–water partition coefficient (Wildman–Crippen LogP) is 1.25. The Morgan fingerprint density at radius 2 is 2.50 bits per heavy atom. The first-order valence-electron chi connectivity index (χ1n) is 2.72. The number of rotatable bonds is 0. The summed E-state index contributed by atoms with van der Waals surface area (Å²) in [5, 5.41) is 0. The Bertz CT molecular complexity index is 275. The molecule has 48 valence electrons. The van der Waals surface area contributed by atoms with Crippen LogP contribution in [0, 0.1) is 6.20 Å². The molecule has 0 fully saturated rings. The number of halogens is 1. The first-order chi connectivity index (χ1) is 4.86. The third-order valence-corrected chi connectivity index (χ3v) is 1.60. The van der Waals surface area contributed by atoms with Crippen LogP contribution in [0.1, 0.15) is 0 Å². The smallest absolute Gasteiger partial charge is 0.221 e. The van der Waals surface area contributed by atoms with Gasteiger partial charge in [0.05, 0.1) is 6.20 Å². The Morgan fingerprint density at radius 3 is 3.40 bits per heavy atom. The normalized spacial score (nSPS) is 19.9. The lowest BCUT2D eigenvalue weighted by Gasteiger charge is -2.03. The van der Waals surface area contributed by atoms with E-state index in [4.69, 9.17) is 0 Å². The fraction of sp³-hybridized carbons (Fsp3) is 0. The topological polar surface area (TPSA) is 28.0 Å². The Labute approximate surface area is 66.6 Å². The van der Waals surface area contributed by atoms with Crippen molar-refractivity contribution in [2.45, 2.75) is 0 Å². The van der Waals surface area contributed by atoms with Crippen LogP contribution in [-0.4, -0.2) is 17.0 Å². The zero-order chi connectivity index (χ0) is 6.97. The van der Waals surface area contributed by atoms with Gasteiger partial charge in [-0.05, 0) is 15.9 Å². The number of nitrogens with zero attached hydrogens (tertiary/aromatic N) is 3. The van der Waals surface area contributed by atoms with E-state index in [-0.39, 0.29) is 0 Å². The van der Waals surface area contributed by atoms with Crippen molar-refractivity contribution < 1.29 is 0 Å². The van der Waals surface area contributed by atoms with Gasteiger partial charge >= 0.3 is 5.84 Å². The zero-order valence-corrected chi connectivity index (χ0v) is 6.54. The van der Waals surface area contributed by atoms with Gasteiger partial charge in [0, 0.05) is 4.99 Å². The van der Waals surface area contributed by atoms with Gasteiger partial charge in [-0.15, -0.1) is 0 Å². The highest BCUT2D eigenvalue weighted by molar-refractivity contribution is 9.11. The fourth-order valence-electron chi connectivity index (χ4n) is 0.748. The molecule has 0 N–H and O–H groups in total. The van der Waals surface area contributed by atoms with Crippen molar-refractivity contribution in [3.05, 3.63) is 23.2 Å². The Balaban J connectivity index is 2.39. The summed E-state index contributed by atoms with van der Waals surface area (Å²) < 4.78 is 0.798. The van der Waals surface area contributed by atoms with Crippen LogP contribution in [-0.2, 0) is 0 Å². The highest BCUT2D eigenvalue weighted by Gasteiger charge is 2.23. The van der Waals surface area contributed by atoms with Crippen LogP contribution in [0.25, 0.3) is 0 Å². The van der Waals surface area contributed by atoms with E-state index in [1.54, 1.807) is 12.4 Å². The molecule has 0 aromatic rings. The zero-order valence-electron chi connectivity index (χ0n) is 4.95. The number of hydrogen-bond acceptors (Lipinski definition) is 3. The summed E-state index contributed by atoms with van der Waals surface area (Å²) in [6.07, 6.45) is 7.98. The summed E-state index contributed by atoms with van der Waals surface area (Å²) in [5.41, 5.74) is 0. The van der Waals surface area contributed by atoms with Crippen molar-refractivity contribution in [1.82, 2.24) is 4.90 Å². The third kappa shape index (κ3) is 0.781. The van der Waals surface area contributed by atoms with E-state index < -0.39 is 0 Å². The maximum Gasteiger partial charge on any atom is 0.308 e. The quantitative estimate of drug-likeness (QED) is 0.424. The average Bonchev–Trinajstić information content (AvgIpc) is 2.33. The van der Waals surface area contributed by atoms with Crippen molar-refractivity contribution in [3.8, 4) is 0 Å². The van der Waals surface area contributed by atoms with Gasteiger partial charge in [-0.3, -0.25) is 0 Å². The van der Waals surface area contributed by atoms with Crippen molar-refractivity contribution in [1.29, 1.82) is 0 Å². The maximum absolute atomic E-state index is 3.99. The predicted molar refractivity (Wildman–Crippen MR) is 42.6 cm³/mol.